The number of carboxylic acid groups (broad SMARTS) is 1. The van der Waals surface area contributed by atoms with E-state index in [9.17, 15) is 9.90 Å². The van der Waals surface area contributed by atoms with Crippen LogP contribution in [0.15, 0.2) is 64.4 Å². The highest BCUT2D eigenvalue weighted by Crippen LogP contribution is 2.21. The Morgan fingerprint density at radius 1 is 1.12 bits per heavy atom. The molecule has 0 fully saturated rings. The number of carboxylic acids is 1. The average Bonchev–Trinajstić information content (AvgIpc) is 2.61. The molecule has 2 aromatic rings. The van der Waals surface area contributed by atoms with Crippen molar-refractivity contribution in [2.45, 2.75) is 0 Å². The molecule has 0 atom stereocenters. The molecule has 0 bridgehead atoms. The molecule has 0 spiro atoms. The fraction of sp³-hybridized carbons (Fsp3) is 0.0588. The molecule has 0 aliphatic heterocycles. The van der Waals surface area contributed by atoms with Crippen LogP contribution in [0, 0.1) is 0 Å². The van der Waals surface area contributed by atoms with Crippen molar-refractivity contribution in [1.82, 2.24) is 0 Å². The van der Waals surface area contributed by atoms with Gasteiger partial charge in [-0.15, -0.1) is 0 Å². The normalized spacial score (nSPS) is 11.8. The van der Waals surface area contributed by atoms with Crippen molar-refractivity contribution < 1.29 is 19.4 Å². The van der Waals surface area contributed by atoms with Gasteiger partial charge in [0.15, 0.2) is 0 Å². The van der Waals surface area contributed by atoms with Crippen molar-refractivity contribution >= 4 is 41.1 Å². The van der Waals surface area contributed by atoms with Gasteiger partial charge in [-0.25, -0.2) is 4.79 Å². The first-order valence-electron chi connectivity index (χ1n) is 6.99. The number of ether oxygens (including phenoxy) is 2. The van der Waals surface area contributed by atoms with Gasteiger partial charge < -0.3 is 14.6 Å². The lowest BCUT2D eigenvalue weighted by molar-refractivity contribution is -0.135. The number of halogens is 2. The number of allylic oxidation sites excluding steroid dienone is 1. The quantitative estimate of drug-likeness (QED) is 0.322. The first-order valence-corrected chi connectivity index (χ1v) is 7.75. The van der Waals surface area contributed by atoms with Crippen LogP contribution in [0.25, 0.3) is 0 Å². The molecular weight excluding hydrogens is 367 g/mol. The number of aliphatic carboxylic acids is 1. The minimum absolute atomic E-state index is 0.176. The van der Waals surface area contributed by atoms with Gasteiger partial charge in [-0.3, -0.25) is 5.43 Å². The summed E-state index contributed by atoms with van der Waals surface area (Å²) in [6.07, 6.45) is 1.14. The van der Waals surface area contributed by atoms with E-state index in [2.05, 4.69) is 10.5 Å². The van der Waals surface area contributed by atoms with Crippen molar-refractivity contribution in [3.8, 4) is 11.5 Å². The van der Waals surface area contributed by atoms with Crippen LogP contribution in [-0.2, 0) is 4.79 Å². The molecule has 2 rings (SSSR count). The van der Waals surface area contributed by atoms with Gasteiger partial charge in [0, 0.05) is 5.02 Å². The van der Waals surface area contributed by atoms with Crippen molar-refractivity contribution in [3.05, 3.63) is 64.3 Å². The summed E-state index contributed by atoms with van der Waals surface area (Å²) in [5.74, 6) is -0.851. The maximum Gasteiger partial charge on any atom is 0.373 e. The summed E-state index contributed by atoms with van der Waals surface area (Å²) in [5.41, 5.74) is 3.37. The lowest BCUT2D eigenvalue weighted by atomic mass is 10.3. The number of hydrogen-bond acceptors (Lipinski definition) is 5. The molecule has 0 saturated heterocycles. The van der Waals surface area contributed by atoms with Gasteiger partial charge in [-0.1, -0.05) is 23.2 Å². The molecule has 130 valence electrons. The minimum atomic E-state index is -1.32. The lowest BCUT2D eigenvalue weighted by Gasteiger charge is -2.08. The molecule has 0 unspecified atom stereocenters. The zero-order chi connectivity index (χ0) is 18.2. The van der Waals surface area contributed by atoms with Crippen molar-refractivity contribution in [3.63, 3.8) is 0 Å². The fourth-order valence-corrected chi connectivity index (χ4v) is 2.00. The van der Waals surface area contributed by atoms with E-state index in [0.29, 0.717) is 22.2 Å². The summed E-state index contributed by atoms with van der Waals surface area (Å²) in [4.78, 5) is 11.4. The summed E-state index contributed by atoms with van der Waals surface area (Å²) in [6.45, 7) is 0. The molecule has 2 N–H and O–H groups in total. The Morgan fingerprint density at radius 2 is 1.72 bits per heavy atom. The summed E-state index contributed by atoms with van der Waals surface area (Å²) in [6, 6.07) is 13.2. The Morgan fingerprint density at radius 3 is 2.28 bits per heavy atom. The van der Waals surface area contributed by atoms with Crippen LogP contribution < -0.4 is 14.9 Å². The number of benzene rings is 2. The SMILES string of the molecule is COc1ccc(O/C(C(=O)O)=C(/Cl)C=NNc2ccc(Cl)cc2)cc1. The largest absolute Gasteiger partial charge is 0.497 e. The molecule has 6 nitrogen and oxygen atoms in total. The minimum Gasteiger partial charge on any atom is -0.497 e. The van der Waals surface area contributed by atoms with E-state index in [1.807, 2.05) is 0 Å². The van der Waals surface area contributed by atoms with E-state index in [1.165, 1.54) is 7.11 Å². The van der Waals surface area contributed by atoms with Gasteiger partial charge in [0.1, 0.15) is 16.5 Å². The number of nitrogens with zero attached hydrogens (tertiary/aromatic N) is 1. The number of methoxy groups -OCH3 is 1. The molecule has 25 heavy (non-hydrogen) atoms. The van der Waals surface area contributed by atoms with Gasteiger partial charge in [0.2, 0.25) is 5.76 Å². The lowest BCUT2D eigenvalue weighted by Crippen LogP contribution is -2.10. The van der Waals surface area contributed by atoms with E-state index < -0.39 is 11.7 Å². The van der Waals surface area contributed by atoms with Gasteiger partial charge >= 0.3 is 5.97 Å². The molecule has 0 aliphatic carbocycles. The third kappa shape index (κ3) is 5.70. The van der Waals surface area contributed by atoms with Crippen LogP contribution in [-0.4, -0.2) is 24.4 Å². The summed E-state index contributed by atoms with van der Waals surface area (Å²) in [5, 5.41) is 13.6. The molecule has 0 aliphatic rings. The Labute approximate surface area is 154 Å². The van der Waals surface area contributed by atoms with Gasteiger partial charge in [0.05, 0.1) is 19.0 Å². The maximum atomic E-state index is 11.4. The Kier molecular flexibility index (Phi) is 6.68. The molecule has 0 amide bonds. The number of anilines is 1. The second kappa shape index (κ2) is 8.96. The van der Waals surface area contributed by atoms with Crippen LogP contribution >= 0.6 is 23.2 Å². The van der Waals surface area contributed by atoms with E-state index in [4.69, 9.17) is 32.7 Å². The van der Waals surface area contributed by atoms with Crippen molar-refractivity contribution in [2.75, 3.05) is 12.5 Å². The molecule has 8 heteroatoms. The fourth-order valence-electron chi connectivity index (χ4n) is 1.70. The average molecular weight is 381 g/mol. The maximum absolute atomic E-state index is 11.4. The molecule has 0 aromatic heterocycles. The van der Waals surface area contributed by atoms with Crippen LogP contribution in [0.4, 0.5) is 5.69 Å². The molecule has 0 heterocycles. The molecule has 0 radical (unpaired) electrons. The highest BCUT2D eigenvalue weighted by molar-refractivity contribution is 6.41. The molecule has 0 saturated carbocycles. The topological polar surface area (TPSA) is 80.2 Å². The van der Waals surface area contributed by atoms with E-state index in [-0.39, 0.29) is 5.03 Å². The van der Waals surface area contributed by atoms with E-state index in [0.717, 1.165) is 6.21 Å². The molecule has 2 aromatic carbocycles. The van der Waals surface area contributed by atoms with Crippen LogP contribution in [0.5, 0.6) is 11.5 Å². The second-order valence-corrected chi connectivity index (χ2v) is 5.48. The Hall–Kier alpha value is -2.70. The first kappa shape index (κ1) is 18.6. The Bertz CT molecular complexity index is 787. The van der Waals surface area contributed by atoms with E-state index in [1.54, 1.807) is 48.5 Å². The highest BCUT2D eigenvalue weighted by Gasteiger charge is 2.15. The number of hydrogen-bond donors (Lipinski definition) is 2. The predicted octanol–water partition coefficient (Wildman–Crippen LogP) is 4.36. The number of carbonyl (C=O) groups is 1. The number of rotatable bonds is 7. The molecular formula is C17H14Cl2N2O4. The van der Waals surface area contributed by atoms with Crippen LogP contribution in [0.2, 0.25) is 5.02 Å². The Balaban J connectivity index is 2.10. The first-order chi connectivity index (χ1) is 12.0. The van der Waals surface area contributed by atoms with Gasteiger partial charge in [-0.05, 0) is 48.5 Å². The van der Waals surface area contributed by atoms with E-state index >= 15 is 0 Å². The van der Waals surface area contributed by atoms with Crippen molar-refractivity contribution in [1.29, 1.82) is 0 Å². The predicted molar refractivity (Wildman–Crippen MR) is 97.7 cm³/mol. The second-order valence-electron chi connectivity index (χ2n) is 4.64. The number of hydrazone groups is 1. The zero-order valence-corrected chi connectivity index (χ0v) is 14.6. The highest BCUT2D eigenvalue weighted by atomic mass is 35.5. The van der Waals surface area contributed by atoms with Gasteiger partial charge in [0.25, 0.3) is 0 Å². The smallest absolute Gasteiger partial charge is 0.373 e. The number of nitrogens with one attached hydrogen (secondary N) is 1. The van der Waals surface area contributed by atoms with Crippen LogP contribution in [0.3, 0.4) is 0 Å². The van der Waals surface area contributed by atoms with Crippen molar-refractivity contribution in [2.24, 2.45) is 5.10 Å². The third-order valence-electron chi connectivity index (χ3n) is 2.91. The summed E-state index contributed by atoms with van der Waals surface area (Å²) in [7, 11) is 1.53. The summed E-state index contributed by atoms with van der Waals surface area (Å²) >= 11 is 11.8. The monoisotopic (exact) mass is 380 g/mol. The van der Waals surface area contributed by atoms with Gasteiger partial charge in [-0.2, -0.15) is 5.10 Å². The standard InChI is InChI=1S/C17H14Cl2N2O4/c1-24-13-6-8-14(9-7-13)25-16(17(22)23)15(19)10-20-21-12-4-2-11(18)3-5-12/h2-10,21H,1H3,(H,22,23)/b16-15+,20-10?. The summed E-state index contributed by atoms with van der Waals surface area (Å²) < 4.78 is 10.3. The third-order valence-corrected chi connectivity index (χ3v) is 3.43. The zero-order valence-electron chi connectivity index (χ0n) is 13.1. The van der Waals surface area contributed by atoms with Crippen LogP contribution in [0.1, 0.15) is 0 Å².